The van der Waals surface area contributed by atoms with Crippen molar-refractivity contribution in [1.29, 1.82) is 0 Å². The molecule has 0 fully saturated rings. The summed E-state index contributed by atoms with van der Waals surface area (Å²) in [6, 6.07) is 3.76. The minimum Gasteiger partial charge on any atom is -0.508 e. The number of anilines is 1. The van der Waals surface area contributed by atoms with E-state index in [1.807, 2.05) is 0 Å². The summed E-state index contributed by atoms with van der Waals surface area (Å²) in [5.74, 6) is -0.850. The Morgan fingerprint density at radius 3 is 2.81 bits per heavy atom. The third-order valence-electron chi connectivity index (χ3n) is 1.98. The fourth-order valence-electron chi connectivity index (χ4n) is 1.23. The molecule has 0 unspecified atom stereocenters. The molecule has 82 valence electrons. The number of carbonyl (C=O) groups excluding carboxylic acids is 1. The molecule has 16 heavy (non-hydrogen) atoms. The first-order valence-electron chi connectivity index (χ1n) is 4.49. The number of amides is 1. The highest BCUT2D eigenvalue weighted by Crippen LogP contribution is 2.23. The number of H-pyrrole nitrogens is 1. The van der Waals surface area contributed by atoms with Gasteiger partial charge in [-0.15, -0.1) is 0 Å². The van der Waals surface area contributed by atoms with Gasteiger partial charge in [0, 0.05) is 12.3 Å². The summed E-state index contributed by atoms with van der Waals surface area (Å²) in [5.41, 5.74) is 0.580. The number of hydrogen-bond donors (Lipinski definition) is 4. The van der Waals surface area contributed by atoms with E-state index in [0.717, 1.165) is 6.07 Å². The number of carbonyl (C=O) groups is 1. The molecule has 2 rings (SSSR count). The Bertz CT molecular complexity index is 508. The Morgan fingerprint density at radius 2 is 2.19 bits per heavy atom. The van der Waals surface area contributed by atoms with Crippen molar-refractivity contribution in [3.63, 3.8) is 0 Å². The number of nitrogens with zero attached hydrogens (tertiary/aromatic N) is 1. The Balaban J connectivity index is 2.21. The van der Waals surface area contributed by atoms with Gasteiger partial charge in [-0.3, -0.25) is 9.89 Å². The van der Waals surface area contributed by atoms with Crippen LogP contribution in [0.2, 0.25) is 0 Å². The highest BCUT2D eigenvalue weighted by molar-refractivity contribution is 6.06. The highest BCUT2D eigenvalue weighted by atomic mass is 16.3. The summed E-state index contributed by atoms with van der Waals surface area (Å²) in [4.78, 5) is 11.6. The SMILES string of the molecule is O=C(Nc1cn[nH]c1)c1ccc(O)cc1O. The number of nitrogens with one attached hydrogen (secondary N) is 2. The molecular formula is C10H9N3O3. The lowest BCUT2D eigenvalue weighted by Gasteiger charge is -2.04. The van der Waals surface area contributed by atoms with Gasteiger partial charge >= 0.3 is 0 Å². The minimum absolute atomic E-state index is 0.0824. The van der Waals surface area contributed by atoms with Crippen LogP contribution in [-0.4, -0.2) is 26.3 Å². The van der Waals surface area contributed by atoms with Crippen molar-refractivity contribution in [3.8, 4) is 11.5 Å². The quantitative estimate of drug-likeness (QED) is 0.607. The predicted molar refractivity (Wildman–Crippen MR) is 56.3 cm³/mol. The first kappa shape index (κ1) is 10.0. The van der Waals surface area contributed by atoms with Crippen LogP contribution in [0.25, 0.3) is 0 Å². The van der Waals surface area contributed by atoms with E-state index < -0.39 is 5.91 Å². The van der Waals surface area contributed by atoms with Gasteiger partial charge < -0.3 is 15.5 Å². The van der Waals surface area contributed by atoms with Crippen LogP contribution in [0.3, 0.4) is 0 Å². The number of benzene rings is 1. The molecule has 1 amide bonds. The van der Waals surface area contributed by atoms with Crippen molar-refractivity contribution in [3.05, 3.63) is 36.2 Å². The summed E-state index contributed by atoms with van der Waals surface area (Å²) in [5, 5.41) is 27.2. The predicted octanol–water partition coefficient (Wildman–Crippen LogP) is 1.07. The standard InChI is InChI=1S/C10H9N3O3/c14-7-1-2-8(9(15)3-7)10(16)13-6-4-11-12-5-6/h1-5,14-15H,(H,11,12)(H,13,16). The molecule has 1 aromatic carbocycles. The van der Waals surface area contributed by atoms with Crippen LogP contribution in [0.15, 0.2) is 30.6 Å². The number of aromatic hydroxyl groups is 2. The molecule has 0 spiro atoms. The zero-order chi connectivity index (χ0) is 11.5. The van der Waals surface area contributed by atoms with Crippen LogP contribution in [0.1, 0.15) is 10.4 Å². The molecule has 0 saturated heterocycles. The van der Waals surface area contributed by atoms with Crippen molar-refractivity contribution in [2.24, 2.45) is 0 Å². The van der Waals surface area contributed by atoms with Crippen LogP contribution in [0.4, 0.5) is 5.69 Å². The van der Waals surface area contributed by atoms with Crippen LogP contribution >= 0.6 is 0 Å². The van der Waals surface area contributed by atoms with Gasteiger partial charge in [0.25, 0.3) is 5.91 Å². The molecule has 6 heteroatoms. The minimum atomic E-state index is -0.473. The molecule has 0 aliphatic carbocycles. The van der Waals surface area contributed by atoms with Gasteiger partial charge in [-0.05, 0) is 12.1 Å². The topological polar surface area (TPSA) is 98.2 Å². The van der Waals surface area contributed by atoms with Crippen molar-refractivity contribution in [2.45, 2.75) is 0 Å². The first-order valence-corrected chi connectivity index (χ1v) is 4.49. The number of phenolic OH excluding ortho intramolecular Hbond substituents is 2. The number of rotatable bonds is 2. The van der Waals surface area contributed by atoms with Crippen LogP contribution in [-0.2, 0) is 0 Å². The van der Waals surface area contributed by atoms with Gasteiger partial charge in [0.2, 0.25) is 0 Å². The number of aromatic amines is 1. The molecule has 0 saturated carbocycles. The van der Waals surface area contributed by atoms with Gasteiger partial charge in [0.05, 0.1) is 17.4 Å². The largest absolute Gasteiger partial charge is 0.508 e. The lowest BCUT2D eigenvalue weighted by Crippen LogP contribution is -2.11. The highest BCUT2D eigenvalue weighted by Gasteiger charge is 2.11. The summed E-state index contributed by atoms with van der Waals surface area (Å²) in [6.07, 6.45) is 2.95. The summed E-state index contributed by atoms with van der Waals surface area (Å²) >= 11 is 0. The summed E-state index contributed by atoms with van der Waals surface area (Å²) in [7, 11) is 0. The van der Waals surface area contributed by atoms with Crippen molar-refractivity contribution in [1.82, 2.24) is 10.2 Å². The second-order valence-electron chi connectivity index (χ2n) is 3.14. The smallest absolute Gasteiger partial charge is 0.259 e. The molecular weight excluding hydrogens is 210 g/mol. The van der Waals surface area contributed by atoms with E-state index in [0.29, 0.717) is 5.69 Å². The van der Waals surface area contributed by atoms with E-state index in [2.05, 4.69) is 15.5 Å². The first-order chi connectivity index (χ1) is 7.66. The van der Waals surface area contributed by atoms with Crippen LogP contribution < -0.4 is 5.32 Å². The number of phenols is 2. The average Bonchev–Trinajstić information content (AvgIpc) is 2.70. The molecule has 6 nitrogen and oxygen atoms in total. The molecule has 2 aromatic rings. The molecule has 0 aliphatic heterocycles. The molecule has 4 N–H and O–H groups in total. The number of aromatic nitrogens is 2. The fraction of sp³-hybridized carbons (Fsp3) is 0. The Labute approximate surface area is 90.6 Å². The lowest BCUT2D eigenvalue weighted by molar-refractivity contribution is 0.102. The van der Waals surface area contributed by atoms with Gasteiger partial charge in [-0.2, -0.15) is 5.10 Å². The lowest BCUT2D eigenvalue weighted by atomic mass is 10.2. The number of hydrogen-bond acceptors (Lipinski definition) is 4. The molecule has 1 heterocycles. The second-order valence-corrected chi connectivity index (χ2v) is 3.14. The normalized spacial score (nSPS) is 10.0. The van der Waals surface area contributed by atoms with Gasteiger partial charge in [-0.1, -0.05) is 0 Å². The molecule has 0 atom stereocenters. The summed E-state index contributed by atoms with van der Waals surface area (Å²) in [6.45, 7) is 0. The van der Waals surface area contributed by atoms with Crippen molar-refractivity contribution < 1.29 is 15.0 Å². The molecule has 0 aliphatic rings. The van der Waals surface area contributed by atoms with Crippen molar-refractivity contribution >= 4 is 11.6 Å². The fourth-order valence-corrected chi connectivity index (χ4v) is 1.23. The van der Waals surface area contributed by atoms with E-state index in [1.54, 1.807) is 0 Å². The Kier molecular flexibility index (Phi) is 2.47. The van der Waals surface area contributed by atoms with Crippen LogP contribution in [0, 0.1) is 0 Å². The molecule has 0 radical (unpaired) electrons. The Hall–Kier alpha value is -2.50. The second kappa shape index (κ2) is 3.93. The van der Waals surface area contributed by atoms with E-state index in [9.17, 15) is 9.90 Å². The molecule has 0 bridgehead atoms. The Morgan fingerprint density at radius 1 is 1.38 bits per heavy atom. The van der Waals surface area contributed by atoms with Gasteiger partial charge in [0.15, 0.2) is 0 Å². The van der Waals surface area contributed by atoms with Gasteiger partial charge in [0.1, 0.15) is 11.5 Å². The third-order valence-corrected chi connectivity index (χ3v) is 1.98. The van der Waals surface area contributed by atoms with Crippen LogP contribution in [0.5, 0.6) is 11.5 Å². The zero-order valence-corrected chi connectivity index (χ0v) is 8.14. The summed E-state index contributed by atoms with van der Waals surface area (Å²) < 4.78 is 0. The van der Waals surface area contributed by atoms with E-state index in [1.165, 1.54) is 24.5 Å². The monoisotopic (exact) mass is 219 g/mol. The van der Waals surface area contributed by atoms with E-state index >= 15 is 0 Å². The zero-order valence-electron chi connectivity index (χ0n) is 8.14. The average molecular weight is 219 g/mol. The molecule has 1 aromatic heterocycles. The van der Waals surface area contributed by atoms with E-state index in [-0.39, 0.29) is 17.1 Å². The third kappa shape index (κ3) is 1.95. The van der Waals surface area contributed by atoms with Crippen molar-refractivity contribution in [2.75, 3.05) is 5.32 Å². The van der Waals surface area contributed by atoms with Gasteiger partial charge in [-0.25, -0.2) is 0 Å². The maximum absolute atomic E-state index is 11.6. The maximum atomic E-state index is 11.6. The maximum Gasteiger partial charge on any atom is 0.259 e. The van der Waals surface area contributed by atoms with E-state index in [4.69, 9.17) is 5.11 Å².